The van der Waals surface area contributed by atoms with Crippen molar-refractivity contribution >= 4 is 46.7 Å². The fraction of sp³-hybridized carbons (Fsp3) is 0.533. The molecule has 1 aromatic carbocycles. The number of hydrogen-bond acceptors (Lipinski definition) is 7. The largest absolute Gasteiger partial charge is 0.455 e. The number of thioether (sulfide) groups is 1. The first-order chi connectivity index (χ1) is 19.2. The Morgan fingerprint density at radius 3 is 2.62 bits per heavy atom. The van der Waals surface area contributed by atoms with Crippen molar-refractivity contribution in [1.82, 2.24) is 15.2 Å². The first-order valence-electron chi connectivity index (χ1n) is 14.0. The number of nitrogens with zero attached hydrogens (tertiary/aromatic N) is 2. The van der Waals surface area contributed by atoms with Gasteiger partial charge in [0.2, 0.25) is 5.91 Å². The third-order valence-electron chi connectivity index (χ3n) is 7.04. The van der Waals surface area contributed by atoms with Gasteiger partial charge in [-0.1, -0.05) is 62.5 Å². The van der Waals surface area contributed by atoms with Crippen LogP contribution in [0.1, 0.15) is 65.7 Å². The number of pyridine rings is 1. The van der Waals surface area contributed by atoms with Gasteiger partial charge in [-0.05, 0) is 51.7 Å². The van der Waals surface area contributed by atoms with E-state index >= 15 is 0 Å². The molecule has 2 N–H and O–H groups in total. The number of anilines is 1. The Hall–Kier alpha value is -2.85. The fourth-order valence-corrected chi connectivity index (χ4v) is 6.40. The molecule has 0 unspecified atom stereocenters. The van der Waals surface area contributed by atoms with Crippen LogP contribution < -0.4 is 15.4 Å². The lowest BCUT2D eigenvalue weighted by Crippen LogP contribution is -2.53. The zero-order valence-corrected chi connectivity index (χ0v) is 25.2. The Kier molecular flexibility index (Phi) is 10.7. The van der Waals surface area contributed by atoms with Gasteiger partial charge in [0.15, 0.2) is 5.75 Å². The number of carbonyl (C=O) groups excluding carboxylic acids is 2. The lowest BCUT2D eigenvalue weighted by atomic mass is 9.85. The molecule has 1 saturated carbocycles. The summed E-state index contributed by atoms with van der Waals surface area (Å²) in [5, 5.41) is 6.47. The molecule has 2 fully saturated rings. The van der Waals surface area contributed by atoms with E-state index in [2.05, 4.69) is 15.6 Å². The molecular formula is C30H40N4O4S2. The van der Waals surface area contributed by atoms with E-state index in [0.29, 0.717) is 46.1 Å². The van der Waals surface area contributed by atoms with Crippen molar-refractivity contribution < 1.29 is 19.1 Å². The predicted octanol–water partition coefficient (Wildman–Crippen LogP) is 6.77. The quantitative estimate of drug-likeness (QED) is 0.312. The first kappa shape index (κ1) is 30.1. The van der Waals surface area contributed by atoms with Crippen LogP contribution in [0, 0.1) is 5.92 Å². The van der Waals surface area contributed by atoms with Gasteiger partial charge >= 0.3 is 6.09 Å². The van der Waals surface area contributed by atoms with Crippen molar-refractivity contribution in [1.29, 1.82) is 0 Å². The monoisotopic (exact) mass is 584 g/mol. The summed E-state index contributed by atoms with van der Waals surface area (Å²) < 4.78 is 11.6. The highest BCUT2D eigenvalue weighted by molar-refractivity contribution is 7.99. The molecule has 0 bridgehead atoms. The number of hydrogen-bond donors (Lipinski definition) is 2. The SMILES string of the molecule is CC(C)(C)OC(=O)N1CSC[C@H]1C(=O)N[C@H](CCC1CCCCC1)C(=S)Nc1cnccc1Oc1ccccc1. The normalized spacial score (nSPS) is 18.6. The molecule has 40 heavy (non-hydrogen) atoms. The van der Waals surface area contributed by atoms with Crippen LogP contribution in [0.3, 0.4) is 0 Å². The van der Waals surface area contributed by atoms with Gasteiger partial charge in [-0.2, -0.15) is 0 Å². The van der Waals surface area contributed by atoms with Gasteiger partial charge in [0.1, 0.15) is 28.1 Å². The van der Waals surface area contributed by atoms with Crippen LogP contribution in [-0.2, 0) is 9.53 Å². The number of amides is 2. The lowest BCUT2D eigenvalue weighted by Gasteiger charge is -2.30. The molecule has 2 aliphatic rings. The van der Waals surface area contributed by atoms with E-state index in [1.807, 2.05) is 51.1 Å². The van der Waals surface area contributed by atoms with E-state index in [-0.39, 0.29) is 5.91 Å². The number of rotatable bonds is 9. The molecule has 0 radical (unpaired) electrons. The van der Waals surface area contributed by atoms with Crippen LogP contribution in [0.5, 0.6) is 11.5 Å². The number of aromatic nitrogens is 1. The highest BCUT2D eigenvalue weighted by Gasteiger charge is 2.38. The van der Waals surface area contributed by atoms with Crippen molar-refractivity contribution in [2.75, 3.05) is 16.9 Å². The molecule has 1 aliphatic heterocycles. The second-order valence-electron chi connectivity index (χ2n) is 11.4. The van der Waals surface area contributed by atoms with Crippen molar-refractivity contribution in [2.24, 2.45) is 5.92 Å². The molecule has 1 aromatic heterocycles. The molecular weight excluding hydrogens is 544 g/mol. The topological polar surface area (TPSA) is 92.8 Å². The molecule has 2 atom stereocenters. The molecule has 2 aromatic rings. The number of para-hydroxylation sites is 1. The molecule has 4 rings (SSSR count). The van der Waals surface area contributed by atoms with E-state index < -0.39 is 23.8 Å². The van der Waals surface area contributed by atoms with Gasteiger partial charge in [-0.25, -0.2) is 4.79 Å². The standard InChI is InChI=1S/C30H40N4O4S2/c1-30(2,3)38-29(36)34-20-40-19-25(34)27(35)32-23(15-14-21-10-6-4-7-11-21)28(39)33-24-18-31-17-16-26(24)37-22-12-8-5-9-13-22/h5,8-9,12-13,16-18,21,23,25H,4,6-7,10-11,14-15,19-20H2,1-3H3,(H,32,35)(H,33,39)/t23-,25+/m1/s1. The summed E-state index contributed by atoms with van der Waals surface area (Å²) in [6, 6.07) is 10.3. The fourth-order valence-electron chi connectivity index (χ4n) is 4.98. The third-order valence-corrected chi connectivity index (χ3v) is 8.44. The van der Waals surface area contributed by atoms with Gasteiger partial charge in [-0.15, -0.1) is 11.8 Å². The van der Waals surface area contributed by atoms with Crippen LogP contribution in [0.4, 0.5) is 10.5 Å². The van der Waals surface area contributed by atoms with Crippen LogP contribution >= 0.6 is 24.0 Å². The van der Waals surface area contributed by atoms with Gasteiger partial charge < -0.3 is 20.1 Å². The summed E-state index contributed by atoms with van der Waals surface area (Å²) in [6.07, 6.45) is 10.8. The Morgan fingerprint density at radius 1 is 1.15 bits per heavy atom. The molecule has 216 valence electrons. The molecule has 2 amide bonds. The number of carbonyl (C=O) groups is 2. The maximum absolute atomic E-state index is 13.6. The van der Waals surface area contributed by atoms with Crippen LogP contribution in [0.15, 0.2) is 48.8 Å². The highest BCUT2D eigenvalue weighted by Crippen LogP contribution is 2.31. The Labute approximate surface area is 247 Å². The van der Waals surface area contributed by atoms with Crippen molar-refractivity contribution in [3.8, 4) is 11.5 Å². The van der Waals surface area contributed by atoms with E-state index in [1.165, 1.54) is 37.0 Å². The molecule has 1 saturated heterocycles. The zero-order chi connectivity index (χ0) is 28.5. The predicted molar refractivity (Wildman–Crippen MR) is 164 cm³/mol. The minimum atomic E-state index is -0.636. The van der Waals surface area contributed by atoms with Gasteiger partial charge in [0.25, 0.3) is 0 Å². The maximum Gasteiger partial charge on any atom is 0.411 e. The summed E-state index contributed by atoms with van der Waals surface area (Å²) in [7, 11) is 0. The van der Waals surface area contributed by atoms with Crippen molar-refractivity contribution in [3.05, 3.63) is 48.8 Å². The van der Waals surface area contributed by atoms with Crippen LogP contribution in [0.25, 0.3) is 0 Å². The van der Waals surface area contributed by atoms with Gasteiger partial charge in [-0.3, -0.25) is 14.7 Å². The van der Waals surface area contributed by atoms with Gasteiger partial charge in [0, 0.05) is 18.0 Å². The van der Waals surface area contributed by atoms with Gasteiger partial charge in [0.05, 0.1) is 18.1 Å². The average Bonchev–Trinajstić information content (AvgIpc) is 3.43. The minimum absolute atomic E-state index is 0.222. The summed E-state index contributed by atoms with van der Waals surface area (Å²) in [4.78, 5) is 32.6. The average molecular weight is 585 g/mol. The summed E-state index contributed by atoms with van der Waals surface area (Å²) >= 11 is 7.42. The summed E-state index contributed by atoms with van der Waals surface area (Å²) in [6.45, 7) is 5.47. The van der Waals surface area contributed by atoms with E-state index in [0.717, 1.165) is 6.42 Å². The van der Waals surface area contributed by atoms with E-state index in [9.17, 15) is 9.59 Å². The number of thiocarbonyl (C=S) groups is 1. The Balaban J connectivity index is 1.47. The number of benzene rings is 1. The molecule has 0 spiro atoms. The van der Waals surface area contributed by atoms with Crippen molar-refractivity contribution in [2.45, 2.75) is 83.4 Å². The zero-order valence-electron chi connectivity index (χ0n) is 23.6. The maximum atomic E-state index is 13.6. The molecule has 2 heterocycles. The van der Waals surface area contributed by atoms with Crippen LogP contribution in [-0.4, -0.2) is 56.2 Å². The summed E-state index contributed by atoms with van der Waals surface area (Å²) in [5.41, 5.74) is -0.0112. The minimum Gasteiger partial charge on any atom is -0.455 e. The number of nitrogens with one attached hydrogen (secondary N) is 2. The number of ether oxygens (including phenoxy) is 2. The Morgan fingerprint density at radius 2 is 1.90 bits per heavy atom. The summed E-state index contributed by atoms with van der Waals surface area (Å²) in [5.74, 6) is 2.62. The molecule has 1 aliphatic carbocycles. The van der Waals surface area contributed by atoms with E-state index in [1.54, 1.807) is 30.2 Å². The van der Waals surface area contributed by atoms with Crippen LogP contribution in [0.2, 0.25) is 0 Å². The second kappa shape index (κ2) is 14.2. The van der Waals surface area contributed by atoms with E-state index in [4.69, 9.17) is 21.7 Å². The lowest BCUT2D eigenvalue weighted by molar-refractivity contribution is -0.125. The molecule has 8 nitrogen and oxygen atoms in total. The second-order valence-corrected chi connectivity index (χ2v) is 12.8. The highest BCUT2D eigenvalue weighted by atomic mass is 32.2. The first-order valence-corrected chi connectivity index (χ1v) is 15.6. The Bertz CT molecular complexity index is 1150. The third kappa shape index (κ3) is 8.83. The molecule has 10 heteroatoms. The smallest absolute Gasteiger partial charge is 0.411 e. The van der Waals surface area contributed by atoms with Crippen molar-refractivity contribution in [3.63, 3.8) is 0 Å².